The molecule has 1 amide bonds. The standard InChI is InChI=1S/C11H11ClN6O2/c12-6-4-14-11(15-5-6)18-3-1-2-7(18)10-16-9(8(13)19)17-20-10/h4-5,7H,1-3H2,(H2,13,19)/t7-/m1/s1. The predicted molar refractivity (Wildman–Crippen MR) is 69.2 cm³/mol. The van der Waals surface area contributed by atoms with Crippen molar-refractivity contribution in [3.05, 3.63) is 29.1 Å². The molecule has 2 N–H and O–H groups in total. The zero-order valence-electron chi connectivity index (χ0n) is 10.4. The van der Waals surface area contributed by atoms with Gasteiger partial charge in [0.05, 0.1) is 17.4 Å². The molecule has 2 aromatic rings. The SMILES string of the molecule is NC(=O)c1noc([C@H]2CCCN2c2ncc(Cl)cn2)n1. The number of halogens is 1. The monoisotopic (exact) mass is 294 g/mol. The van der Waals surface area contributed by atoms with Crippen molar-refractivity contribution in [2.75, 3.05) is 11.4 Å². The maximum absolute atomic E-state index is 11.0. The van der Waals surface area contributed by atoms with E-state index in [9.17, 15) is 4.79 Å². The molecule has 1 atom stereocenters. The van der Waals surface area contributed by atoms with Crippen molar-refractivity contribution in [2.24, 2.45) is 5.73 Å². The van der Waals surface area contributed by atoms with Crippen molar-refractivity contribution in [2.45, 2.75) is 18.9 Å². The first-order valence-electron chi connectivity index (χ1n) is 6.03. The number of carbonyl (C=O) groups is 1. The van der Waals surface area contributed by atoms with Gasteiger partial charge in [-0.25, -0.2) is 9.97 Å². The average Bonchev–Trinajstić information content (AvgIpc) is 3.08. The molecule has 1 aliphatic rings. The lowest BCUT2D eigenvalue weighted by Gasteiger charge is -2.21. The van der Waals surface area contributed by atoms with E-state index in [1.165, 1.54) is 12.4 Å². The van der Waals surface area contributed by atoms with Gasteiger partial charge in [0.2, 0.25) is 11.8 Å². The first-order chi connectivity index (χ1) is 9.65. The second-order valence-electron chi connectivity index (χ2n) is 4.37. The number of carbonyl (C=O) groups excluding carboxylic acids is 1. The first kappa shape index (κ1) is 12.8. The maximum Gasteiger partial charge on any atom is 0.290 e. The lowest BCUT2D eigenvalue weighted by molar-refractivity contribution is 0.0987. The zero-order chi connectivity index (χ0) is 14.1. The Balaban J connectivity index is 1.88. The summed E-state index contributed by atoms with van der Waals surface area (Å²) in [5.41, 5.74) is 5.11. The Bertz CT molecular complexity index is 628. The number of primary amides is 1. The third-order valence-corrected chi connectivity index (χ3v) is 3.26. The van der Waals surface area contributed by atoms with E-state index in [1.54, 1.807) is 0 Å². The highest BCUT2D eigenvalue weighted by molar-refractivity contribution is 6.30. The quantitative estimate of drug-likeness (QED) is 0.897. The molecule has 20 heavy (non-hydrogen) atoms. The summed E-state index contributed by atoms with van der Waals surface area (Å²) >= 11 is 5.77. The molecule has 9 heteroatoms. The van der Waals surface area contributed by atoms with E-state index in [0.29, 0.717) is 16.9 Å². The van der Waals surface area contributed by atoms with Crippen molar-refractivity contribution < 1.29 is 9.32 Å². The normalized spacial score (nSPS) is 18.4. The zero-order valence-corrected chi connectivity index (χ0v) is 11.1. The number of nitrogens with zero attached hydrogens (tertiary/aromatic N) is 5. The van der Waals surface area contributed by atoms with Crippen molar-refractivity contribution in [3.8, 4) is 0 Å². The van der Waals surface area contributed by atoms with E-state index in [0.717, 1.165) is 19.4 Å². The van der Waals surface area contributed by atoms with Gasteiger partial charge in [0.15, 0.2) is 0 Å². The van der Waals surface area contributed by atoms with Crippen molar-refractivity contribution in [1.82, 2.24) is 20.1 Å². The van der Waals surface area contributed by atoms with Gasteiger partial charge in [-0.15, -0.1) is 0 Å². The van der Waals surface area contributed by atoms with Gasteiger partial charge in [0.1, 0.15) is 6.04 Å². The minimum Gasteiger partial charge on any atom is -0.363 e. The van der Waals surface area contributed by atoms with Crippen LogP contribution in [0.5, 0.6) is 0 Å². The van der Waals surface area contributed by atoms with E-state index >= 15 is 0 Å². The van der Waals surface area contributed by atoms with E-state index in [1.807, 2.05) is 4.90 Å². The highest BCUT2D eigenvalue weighted by Gasteiger charge is 2.32. The Kier molecular flexibility index (Phi) is 3.23. The van der Waals surface area contributed by atoms with Crippen LogP contribution in [0, 0.1) is 0 Å². The molecule has 0 aliphatic carbocycles. The number of hydrogen-bond donors (Lipinski definition) is 1. The smallest absolute Gasteiger partial charge is 0.290 e. The molecule has 1 fully saturated rings. The Morgan fingerprint density at radius 2 is 2.20 bits per heavy atom. The number of aromatic nitrogens is 4. The lowest BCUT2D eigenvalue weighted by atomic mass is 10.2. The van der Waals surface area contributed by atoms with Gasteiger partial charge in [-0.2, -0.15) is 4.98 Å². The highest BCUT2D eigenvalue weighted by atomic mass is 35.5. The van der Waals surface area contributed by atoms with Crippen LogP contribution in [0.2, 0.25) is 5.02 Å². The fourth-order valence-electron chi connectivity index (χ4n) is 2.19. The third kappa shape index (κ3) is 2.29. The minimum absolute atomic E-state index is 0.121. The Morgan fingerprint density at radius 3 is 2.85 bits per heavy atom. The molecule has 104 valence electrons. The summed E-state index contributed by atoms with van der Waals surface area (Å²) in [7, 11) is 0. The molecule has 2 aromatic heterocycles. The summed E-state index contributed by atoms with van der Waals surface area (Å²) in [4.78, 5) is 25.3. The van der Waals surface area contributed by atoms with Crippen LogP contribution in [0.4, 0.5) is 5.95 Å². The minimum atomic E-state index is -0.715. The summed E-state index contributed by atoms with van der Waals surface area (Å²) in [6.07, 6.45) is 4.81. The van der Waals surface area contributed by atoms with Gasteiger partial charge in [-0.05, 0) is 12.8 Å². The number of nitrogens with two attached hydrogens (primary N) is 1. The lowest BCUT2D eigenvalue weighted by Crippen LogP contribution is -2.25. The first-order valence-corrected chi connectivity index (χ1v) is 6.40. The van der Waals surface area contributed by atoms with Gasteiger partial charge in [-0.3, -0.25) is 4.79 Å². The van der Waals surface area contributed by atoms with Crippen LogP contribution < -0.4 is 10.6 Å². The molecule has 0 aromatic carbocycles. The number of amides is 1. The van der Waals surface area contributed by atoms with Crippen molar-refractivity contribution in [1.29, 1.82) is 0 Å². The summed E-state index contributed by atoms with van der Waals surface area (Å²) < 4.78 is 5.10. The largest absolute Gasteiger partial charge is 0.363 e. The van der Waals surface area contributed by atoms with Crippen LogP contribution in [0.25, 0.3) is 0 Å². The van der Waals surface area contributed by atoms with Crippen molar-refractivity contribution in [3.63, 3.8) is 0 Å². The molecule has 1 saturated heterocycles. The molecular formula is C11H11ClN6O2. The molecule has 3 rings (SSSR count). The molecule has 0 radical (unpaired) electrons. The van der Waals surface area contributed by atoms with E-state index in [4.69, 9.17) is 21.9 Å². The number of rotatable bonds is 3. The number of hydrogen-bond acceptors (Lipinski definition) is 7. The summed E-state index contributed by atoms with van der Waals surface area (Å²) in [6, 6.07) is -0.156. The third-order valence-electron chi connectivity index (χ3n) is 3.06. The van der Waals surface area contributed by atoms with E-state index in [-0.39, 0.29) is 11.9 Å². The average molecular weight is 295 g/mol. The number of anilines is 1. The van der Waals surface area contributed by atoms with Gasteiger partial charge < -0.3 is 15.2 Å². The summed E-state index contributed by atoms with van der Waals surface area (Å²) in [5, 5.41) is 4.02. The molecule has 1 aliphatic heterocycles. The predicted octanol–water partition coefficient (Wildman–Crippen LogP) is 0.953. The Morgan fingerprint density at radius 1 is 1.45 bits per heavy atom. The fourth-order valence-corrected chi connectivity index (χ4v) is 2.28. The Hall–Kier alpha value is -2.22. The van der Waals surface area contributed by atoms with E-state index in [2.05, 4.69) is 20.1 Å². The molecule has 0 saturated carbocycles. The highest BCUT2D eigenvalue weighted by Crippen LogP contribution is 2.33. The Labute approximate surface area is 118 Å². The van der Waals surface area contributed by atoms with Crippen molar-refractivity contribution >= 4 is 23.5 Å². The second kappa shape index (κ2) is 5.04. The van der Waals surface area contributed by atoms with Gasteiger partial charge >= 0.3 is 0 Å². The van der Waals surface area contributed by atoms with E-state index < -0.39 is 5.91 Å². The molecular weight excluding hydrogens is 284 g/mol. The van der Waals surface area contributed by atoms with Crippen LogP contribution in [0.1, 0.15) is 35.4 Å². The second-order valence-corrected chi connectivity index (χ2v) is 4.81. The summed E-state index contributed by atoms with van der Waals surface area (Å²) in [5.74, 6) is 0.0433. The van der Waals surface area contributed by atoms with Crippen LogP contribution in [-0.2, 0) is 0 Å². The molecule has 0 bridgehead atoms. The van der Waals surface area contributed by atoms with Gasteiger partial charge in [-0.1, -0.05) is 16.8 Å². The van der Waals surface area contributed by atoms with Crippen LogP contribution in [0.3, 0.4) is 0 Å². The molecule has 0 unspecified atom stereocenters. The van der Waals surface area contributed by atoms with Crippen LogP contribution in [0.15, 0.2) is 16.9 Å². The topological polar surface area (TPSA) is 111 Å². The molecule has 3 heterocycles. The maximum atomic E-state index is 11.0. The van der Waals surface area contributed by atoms with Crippen LogP contribution in [-0.4, -0.2) is 32.6 Å². The van der Waals surface area contributed by atoms with Crippen LogP contribution >= 0.6 is 11.6 Å². The summed E-state index contributed by atoms with van der Waals surface area (Å²) in [6.45, 7) is 0.764. The van der Waals surface area contributed by atoms with Gasteiger partial charge in [0, 0.05) is 6.54 Å². The molecule has 8 nitrogen and oxygen atoms in total. The fraction of sp³-hybridized carbons (Fsp3) is 0.364. The molecule has 0 spiro atoms. The van der Waals surface area contributed by atoms with Gasteiger partial charge in [0.25, 0.3) is 11.7 Å².